The second kappa shape index (κ2) is 4.89. The average molecular weight is 222 g/mol. The van der Waals surface area contributed by atoms with E-state index < -0.39 is 0 Å². The van der Waals surface area contributed by atoms with E-state index in [9.17, 15) is 4.79 Å². The number of hydrogen-bond donors (Lipinski definition) is 1. The number of piperazine rings is 1. The van der Waals surface area contributed by atoms with Gasteiger partial charge in [-0.3, -0.25) is 0 Å². The van der Waals surface area contributed by atoms with E-state index >= 15 is 0 Å². The molecule has 1 aliphatic rings. The van der Waals surface area contributed by atoms with E-state index in [0.717, 1.165) is 12.2 Å². The maximum Gasteiger partial charge on any atom is 0.409 e. The van der Waals surface area contributed by atoms with Gasteiger partial charge in [0.2, 0.25) is 0 Å². The van der Waals surface area contributed by atoms with Crippen LogP contribution in [0.2, 0.25) is 0 Å². The number of carbonyl (C=O) groups is 1. The molecule has 1 amide bonds. The summed E-state index contributed by atoms with van der Waals surface area (Å²) in [5.74, 6) is 0. The summed E-state index contributed by atoms with van der Waals surface area (Å²) in [5, 5.41) is 3.30. The molecule has 0 spiro atoms. The SMILES string of the molecule is COC(=O)N1CCNC(c2ccncn2)C1. The van der Waals surface area contributed by atoms with Gasteiger partial charge in [0.1, 0.15) is 6.33 Å². The van der Waals surface area contributed by atoms with E-state index in [2.05, 4.69) is 15.3 Å². The lowest BCUT2D eigenvalue weighted by molar-refractivity contribution is 0.109. The fourth-order valence-electron chi connectivity index (χ4n) is 1.75. The normalized spacial score (nSPS) is 20.6. The van der Waals surface area contributed by atoms with Gasteiger partial charge in [-0.1, -0.05) is 0 Å². The van der Waals surface area contributed by atoms with Gasteiger partial charge in [-0.25, -0.2) is 14.8 Å². The van der Waals surface area contributed by atoms with Gasteiger partial charge in [0.15, 0.2) is 0 Å². The highest BCUT2D eigenvalue weighted by atomic mass is 16.5. The molecule has 0 aromatic carbocycles. The molecule has 1 aromatic heterocycles. The Balaban J connectivity index is 2.05. The molecule has 6 nitrogen and oxygen atoms in total. The van der Waals surface area contributed by atoms with Crippen molar-refractivity contribution in [1.82, 2.24) is 20.2 Å². The van der Waals surface area contributed by atoms with Crippen LogP contribution in [-0.2, 0) is 4.74 Å². The number of ether oxygens (including phenoxy) is 1. The van der Waals surface area contributed by atoms with Crippen LogP contribution in [0, 0.1) is 0 Å². The molecule has 2 rings (SSSR count). The monoisotopic (exact) mass is 222 g/mol. The molecule has 86 valence electrons. The molecule has 0 saturated carbocycles. The Hall–Kier alpha value is -1.69. The number of nitrogens with one attached hydrogen (secondary N) is 1. The molecule has 1 aliphatic heterocycles. The maximum absolute atomic E-state index is 11.4. The summed E-state index contributed by atoms with van der Waals surface area (Å²) in [5.41, 5.74) is 0.892. The number of carbonyl (C=O) groups excluding carboxylic acids is 1. The predicted molar refractivity (Wildman–Crippen MR) is 56.8 cm³/mol. The largest absolute Gasteiger partial charge is 0.453 e. The average Bonchev–Trinajstić information content (AvgIpc) is 2.39. The van der Waals surface area contributed by atoms with Crippen molar-refractivity contribution in [2.75, 3.05) is 26.7 Å². The van der Waals surface area contributed by atoms with Crippen molar-refractivity contribution < 1.29 is 9.53 Å². The zero-order valence-corrected chi connectivity index (χ0v) is 9.09. The number of hydrogen-bond acceptors (Lipinski definition) is 5. The summed E-state index contributed by atoms with van der Waals surface area (Å²) in [6.45, 7) is 1.97. The second-order valence-electron chi connectivity index (χ2n) is 3.56. The third-order valence-corrected chi connectivity index (χ3v) is 2.57. The highest BCUT2D eigenvalue weighted by Crippen LogP contribution is 2.14. The highest BCUT2D eigenvalue weighted by molar-refractivity contribution is 5.67. The summed E-state index contributed by atoms with van der Waals surface area (Å²) in [6.07, 6.45) is 2.91. The Morgan fingerprint density at radius 2 is 2.56 bits per heavy atom. The van der Waals surface area contributed by atoms with Crippen LogP contribution in [0.4, 0.5) is 4.79 Å². The molecule has 6 heteroatoms. The van der Waals surface area contributed by atoms with Gasteiger partial charge >= 0.3 is 6.09 Å². The van der Waals surface area contributed by atoms with Crippen LogP contribution in [0.15, 0.2) is 18.6 Å². The van der Waals surface area contributed by atoms with Crippen LogP contribution < -0.4 is 5.32 Å². The van der Waals surface area contributed by atoms with Crippen molar-refractivity contribution in [3.63, 3.8) is 0 Å². The fourth-order valence-corrected chi connectivity index (χ4v) is 1.75. The van der Waals surface area contributed by atoms with Gasteiger partial charge in [-0.15, -0.1) is 0 Å². The minimum Gasteiger partial charge on any atom is -0.453 e. The lowest BCUT2D eigenvalue weighted by atomic mass is 10.1. The standard InChI is InChI=1S/C10H14N4O2/c1-16-10(15)14-5-4-12-9(6-14)8-2-3-11-7-13-8/h2-3,7,9,12H,4-6H2,1H3. The molecule has 0 aliphatic carbocycles. The lowest BCUT2D eigenvalue weighted by Gasteiger charge is -2.32. The number of nitrogens with zero attached hydrogens (tertiary/aromatic N) is 3. The van der Waals surface area contributed by atoms with Crippen LogP contribution in [-0.4, -0.2) is 47.7 Å². The number of aromatic nitrogens is 2. The lowest BCUT2D eigenvalue weighted by Crippen LogP contribution is -2.48. The summed E-state index contributed by atoms with van der Waals surface area (Å²) < 4.78 is 4.70. The Bertz CT molecular complexity index is 357. The first-order chi connectivity index (χ1) is 7.81. The Morgan fingerprint density at radius 1 is 1.69 bits per heavy atom. The van der Waals surface area contributed by atoms with Crippen LogP contribution in [0.5, 0.6) is 0 Å². The third-order valence-electron chi connectivity index (χ3n) is 2.57. The zero-order valence-electron chi connectivity index (χ0n) is 9.09. The van der Waals surface area contributed by atoms with E-state index in [1.54, 1.807) is 11.1 Å². The summed E-state index contributed by atoms with van der Waals surface area (Å²) in [7, 11) is 1.39. The minimum absolute atomic E-state index is 0.0517. The van der Waals surface area contributed by atoms with Crippen molar-refractivity contribution in [2.45, 2.75) is 6.04 Å². The van der Waals surface area contributed by atoms with Crippen molar-refractivity contribution in [3.8, 4) is 0 Å². The van der Waals surface area contributed by atoms with Crippen LogP contribution in [0.3, 0.4) is 0 Å². The van der Waals surface area contributed by atoms with E-state index in [4.69, 9.17) is 4.74 Å². The third kappa shape index (κ3) is 2.27. The van der Waals surface area contributed by atoms with Gasteiger partial charge in [0.25, 0.3) is 0 Å². The van der Waals surface area contributed by atoms with Crippen LogP contribution in [0.1, 0.15) is 11.7 Å². The number of amides is 1. The maximum atomic E-state index is 11.4. The van der Waals surface area contributed by atoms with E-state index in [0.29, 0.717) is 13.1 Å². The zero-order chi connectivity index (χ0) is 11.4. The molecule has 1 aromatic rings. The number of methoxy groups -OCH3 is 1. The van der Waals surface area contributed by atoms with Crippen molar-refractivity contribution in [3.05, 3.63) is 24.3 Å². The highest BCUT2D eigenvalue weighted by Gasteiger charge is 2.25. The van der Waals surface area contributed by atoms with E-state index in [1.165, 1.54) is 13.4 Å². The molecule has 0 radical (unpaired) electrons. The van der Waals surface area contributed by atoms with Gasteiger partial charge in [-0.2, -0.15) is 0 Å². The first-order valence-corrected chi connectivity index (χ1v) is 5.13. The predicted octanol–water partition coefficient (Wildman–Crippen LogP) is 0.189. The van der Waals surface area contributed by atoms with E-state index in [-0.39, 0.29) is 12.1 Å². The van der Waals surface area contributed by atoms with Crippen molar-refractivity contribution >= 4 is 6.09 Å². The molecule has 1 atom stereocenters. The first kappa shape index (κ1) is 10.8. The molecule has 16 heavy (non-hydrogen) atoms. The van der Waals surface area contributed by atoms with E-state index in [1.807, 2.05) is 6.07 Å². The second-order valence-corrected chi connectivity index (χ2v) is 3.56. The molecule has 1 unspecified atom stereocenters. The summed E-state index contributed by atoms with van der Waals surface area (Å²) in [6, 6.07) is 1.90. The molecule has 1 fully saturated rings. The molecule has 1 N–H and O–H groups in total. The summed E-state index contributed by atoms with van der Waals surface area (Å²) >= 11 is 0. The van der Waals surface area contributed by atoms with Crippen molar-refractivity contribution in [2.24, 2.45) is 0 Å². The Kier molecular flexibility index (Phi) is 3.31. The quantitative estimate of drug-likeness (QED) is 0.734. The summed E-state index contributed by atoms with van der Waals surface area (Å²) in [4.78, 5) is 21.1. The molecule has 0 bridgehead atoms. The minimum atomic E-state index is -0.291. The molecule has 2 heterocycles. The molecule has 1 saturated heterocycles. The molecular weight excluding hydrogens is 208 g/mol. The smallest absolute Gasteiger partial charge is 0.409 e. The van der Waals surface area contributed by atoms with Crippen LogP contribution in [0.25, 0.3) is 0 Å². The van der Waals surface area contributed by atoms with Gasteiger partial charge in [0, 0.05) is 25.8 Å². The van der Waals surface area contributed by atoms with Crippen LogP contribution >= 0.6 is 0 Å². The van der Waals surface area contributed by atoms with Gasteiger partial charge < -0.3 is 15.0 Å². The fraction of sp³-hybridized carbons (Fsp3) is 0.500. The Morgan fingerprint density at radius 3 is 3.25 bits per heavy atom. The van der Waals surface area contributed by atoms with Gasteiger partial charge in [0.05, 0.1) is 18.8 Å². The first-order valence-electron chi connectivity index (χ1n) is 5.13. The number of rotatable bonds is 1. The topological polar surface area (TPSA) is 67.3 Å². The Labute approximate surface area is 93.6 Å². The van der Waals surface area contributed by atoms with Crippen molar-refractivity contribution in [1.29, 1.82) is 0 Å². The molecular formula is C10H14N4O2. The van der Waals surface area contributed by atoms with Gasteiger partial charge in [-0.05, 0) is 6.07 Å².